The van der Waals surface area contributed by atoms with Crippen LogP contribution in [0.3, 0.4) is 0 Å². The molecule has 0 atom stereocenters. The van der Waals surface area contributed by atoms with Crippen LogP contribution in [0, 0.1) is 0 Å². The molecule has 162 valence electrons. The maximum absolute atomic E-state index is 9.36. The maximum atomic E-state index is 9.36. The third-order valence-corrected chi connectivity index (χ3v) is 5.14. The summed E-state index contributed by atoms with van der Waals surface area (Å²) in [6.07, 6.45) is 2.59. The number of nitrogens with one attached hydrogen (secondary N) is 1. The van der Waals surface area contributed by atoms with Crippen LogP contribution in [-0.2, 0) is 12.8 Å². The summed E-state index contributed by atoms with van der Waals surface area (Å²) in [6.45, 7) is 1.69. The second-order valence-electron chi connectivity index (χ2n) is 7.28. The van der Waals surface area contributed by atoms with E-state index >= 15 is 0 Å². The van der Waals surface area contributed by atoms with Crippen molar-refractivity contribution >= 4 is 23.5 Å². The van der Waals surface area contributed by atoms with Gasteiger partial charge in [-0.15, -0.1) is 0 Å². The van der Waals surface area contributed by atoms with Gasteiger partial charge in [-0.2, -0.15) is 15.0 Å². The van der Waals surface area contributed by atoms with Crippen molar-refractivity contribution in [1.82, 2.24) is 15.0 Å². The normalized spacial score (nSPS) is 12.1. The minimum atomic E-state index is 0.153. The molecule has 9 heteroatoms. The molecule has 2 N–H and O–H groups in total. The number of ether oxygens (including phenoxy) is 2. The molecule has 0 fully saturated rings. The number of anilines is 2. The van der Waals surface area contributed by atoms with Crippen molar-refractivity contribution in [3.05, 3.63) is 58.9 Å². The van der Waals surface area contributed by atoms with Crippen LogP contribution in [-0.4, -0.2) is 47.0 Å². The highest BCUT2D eigenvalue weighted by molar-refractivity contribution is 6.28. The van der Waals surface area contributed by atoms with E-state index in [1.54, 1.807) is 12.1 Å². The smallest absolute Gasteiger partial charge is 0.231 e. The van der Waals surface area contributed by atoms with Crippen LogP contribution in [0.25, 0.3) is 0 Å². The van der Waals surface area contributed by atoms with Gasteiger partial charge in [-0.25, -0.2) is 0 Å². The Labute approximate surface area is 185 Å². The fraction of sp³-hybridized carbons (Fsp3) is 0.318. The lowest BCUT2D eigenvalue weighted by atomic mass is 10.1. The van der Waals surface area contributed by atoms with Gasteiger partial charge in [0.15, 0.2) is 11.5 Å². The molecule has 2 aromatic carbocycles. The van der Waals surface area contributed by atoms with Gasteiger partial charge in [0.25, 0.3) is 0 Å². The molecule has 1 aliphatic heterocycles. The van der Waals surface area contributed by atoms with Crippen LogP contribution in [0.1, 0.15) is 17.5 Å². The number of rotatable bonds is 9. The highest BCUT2D eigenvalue weighted by Gasteiger charge is 2.14. The van der Waals surface area contributed by atoms with E-state index in [1.807, 2.05) is 36.2 Å². The minimum Gasteiger partial charge on any atom is -0.508 e. The topological polar surface area (TPSA) is 92.6 Å². The molecule has 1 aromatic heterocycles. The number of benzene rings is 2. The molecule has 0 spiro atoms. The lowest BCUT2D eigenvalue weighted by Crippen LogP contribution is -2.22. The largest absolute Gasteiger partial charge is 0.508 e. The van der Waals surface area contributed by atoms with Gasteiger partial charge in [-0.3, -0.25) is 0 Å². The number of hydrogen-bond acceptors (Lipinski definition) is 8. The van der Waals surface area contributed by atoms with Crippen LogP contribution in [0.15, 0.2) is 42.5 Å². The van der Waals surface area contributed by atoms with E-state index < -0.39 is 0 Å². The third kappa shape index (κ3) is 5.67. The first-order valence-electron chi connectivity index (χ1n) is 10.1. The summed E-state index contributed by atoms with van der Waals surface area (Å²) in [5, 5.41) is 12.7. The Kier molecular flexibility index (Phi) is 6.57. The number of fused-ring (bicyclic) bond motifs is 1. The second kappa shape index (κ2) is 9.70. The average molecular weight is 442 g/mol. The van der Waals surface area contributed by atoms with Gasteiger partial charge in [0.2, 0.25) is 24.0 Å². The Bertz CT molecular complexity index is 1030. The standard InChI is InChI=1S/C22H24ClN5O3/c1-28(12-2-3-16-6-9-18-19(13-16)31-14-30-18)22-26-20(23)25-21(27-22)24-11-10-15-4-7-17(29)8-5-15/h4-9,13,29H,2-3,10-12,14H2,1H3,(H,24,25,26,27). The summed E-state index contributed by atoms with van der Waals surface area (Å²) in [7, 11) is 1.94. The van der Waals surface area contributed by atoms with Crippen molar-refractivity contribution in [2.75, 3.05) is 37.1 Å². The fourth-order valence-corrected chi connectivity index (χ4v) is 3.44. The molecule has 0 radical (unpaired) electrons. The number of aromatic nitrogens is 3. The first kappa shape index (κ1) is 21.0. The first-order chi connectivity index (χ1) is 15.1. The number of halogens is 1. The molecule has 1 aliphatic rings. The molecule has 0 aliphatic carbocycles. The Morgan fingerprint density at radius 3 is 2.61 bits per heavy atom. The summed E-state index contributed by atoms with van der Waals surface area (Å²) in [4.78, 5) is 14.9. The number of aryl methyl sites for hydroxylation is 1. The molecular formula is C22H24ClN5O3. The van der Waals surface area contributed by atoms with Crippen molar-refractivity contribution in [1.29, 1.82) is 0 Å². The van der Waals surface area contributed by atoms with E-state index in [9.17, 15) is 5.11 Å². The van der Waals surface area contributed by atoms with Gasteiger partial charge < -0.3 is 24.8 Å². The van der Waals surface area contributed by atoms with Crippen LogP contribution < -0.4 is 19.7 Å². The Morgan fingerprint density at radius 2 is 1.77 bits per heavy atom. The molecule has 0 unspecified atom stereocenters. The predicted octanol–water partition coefficient (Wildman–Crippen LogP) is 3.68. The van der Waals surface area contributed by atoms with Crippen molar-refractivity contribution in [2.45, 2.75) is 19.3 Å². The molecule has 0 saturated carbocycles. The molecule has 4 rings (SSSR count). The maximum Gasteiger partial charge on any atom is 0.231 e. The van der Waals surface area contributed by atoms with Crippen molar-refractivity contribution in [3.8, 4) is 17.2 Å². The van der Waals surface area contributed by atoms with Gasteiger partial charge in [-0.1, -0.05) is 18.2 Å². The number of phenolic OH excluding ortho intramolecular Hbond substituents is 1. The van der Waals surface area contributed by atoms with E-state index in [4.69, 9.17) is 21.1 Å². The van der Waals surface area contributed by atoms with Crippen LogP contribution in [0.2, 0.25) is 5.28 Å². The molecule has 2 heterocycles. The molecule has 3 aromatic rings. The summed E-state index contributed by atoms with van der Waals surface area (Å²) in [6, 6.07) is 13.1. The van der Waals surface area contributed by atoms with Gasteiger partial charge >= 0.3 is 0 Å². The summed E-state index contributed by atoms with van der Waals surface area (Å²) in [5.41, 5.74) is 2.30. The number of nitrogens with zero attached hydrogens (tertiary/aromatic N) is 4. The van der Waals surface area contributed by atoms with E-state index in [0.717, 1.165) is 42.9 Å². The minimum absolute atomic E-state index is 0.153. The van der Waals surface area contributed by atoms with E-state index in [2.05, 4.69) is 26.3 Å². The van der Waals surface area contributed by atoms with Crippen LogP contribution >= 0.6 is 11.6 Å². The number of phenols is 1. The zero-order valence-corrected chi connectivity index (χ0v) is 18.0. The van der Waals surface area contributed by atoms with Gasteiger partial charge in [-0.05, 0) is 66.3 Å². The van der Waals surface area contributed by atoms with Gasteiger partial charge in [0.1, 0.15) is 5.75 Å². The van der Waals surface area contributed by atoms with Crippen molar-refractivity contribution in [2.24, 2.45) is 0 Å². The quantitative estimate of drug-likeness (QED) is 0.519. The van der Waals surface area contributed by atoms with E-state index in [0.29, 0.717) is 18.4 Å². The fourth-order valence-electron chi connectivity index (χ4n) is 3.29. The molecule has 0 saturated heterocycles. The zero-order chi connectivity index (χ0) is 21.6. The summed E-state index contributed by atoms with van der Waals surface area (Å²) < 4.78 is 10.8. The molecular weight excluding hydrogens is 418 g/mol. The highest BCUT2D eigenvalue weighted by Crippen LogP contribution is 2.32. The number of hydrogen-bond donors (Lipinski definition) is 2. The van der Waals surface area contributed by atoms with Gasteiger partial charge in [0.05, 0.1) is 0 Å². The van der Waals surface area contributed by atoms with Gasteiger partial charge in [0, 0.05) is 20.1 Å². The van der Waals surface area contributed by atoms with Crippen LogP contribution in [0.4, 0.5) is 11.9 Å². The zero-order valence-electron chi connectivity index (χ0n) is 17.2. The summed E-state index contributed by atoms with van der Waals surface area (Å²) >= 11 is 6.11. The SMILES string of the molecule is CN(CCCc1ccc2c(c1)OCO2)c1nc(Cl)nc(NCCc2ccc(O)cc2)n1. The van der Waals surface area contributed by atoms with Crippen LogP contribution in [0.5, 0.6) is 17.2 Å². The highest BCUT2D eigenvalue weighted by atomic mass is 35.5. The lowest BCUT2D eigenvalue weighted by molar-refractivity contribution is 0.174. The Hall–Kier alpha value is -3.26. The summed E-state index contributed by atoms with van der Waals surface area (Å²) in [5.74, 6) is 2.82. The Morgan fingerprint density at radius 1 is 1.00 bits per heavy atom. The average Bonchev–Trinajstić information content (AvgIpc) is 3.23. The van der Waals surface area contributed by atoms with Crippen molar-refractivity contribution in [3.63, 3.8) is 0 Å². The molecule has 0 amide bonds. The lowest BCUT2D eigenvalue weighted by Gasteiger charge is -2.17. The molecule has 0 bridgehead atoms. The molecule has 31 heavy (non-hydrogen) atoms. The molecule has 8 nitrogen and oxygen atoms in total. The number of aromatic hydroxyl groups is 1. The Balaban J connectivity index is 1.28. The third-order valence-electron chi connectivity index (χ3n) is 4.97. The predicted molar refractivity (Wildman–Crippen MR) is 119 cm³/mol. The van der Waals surface area contributed by atoms with Crippen molar-refractivity contribution < 1.29 is 14.6 Å². The monoisotopic (exact) mass is 441 g/mol. The first-order valence-corrected chi connectivity index (χ1v) is 10.5. The van der Waals surface area contributed by atoms with E-state index in [1.165, 1.54) is 5.56 Å². The van der Waals surface area contributed by atoms with E-state index in [-0.39, 0.29) is 17.8 Å². The second-order valence-corrected chi connectivity index (χ2v) is 7.62.